The molecule has 2 aliphatic rings. The fourth-order valence-electron chi connectivity index (χ4n) is 3.56. The molecule has 0 aliphatic carbocycles. The van der Waals surface area contributed by atoms with Crippen LogP contribution < -0.4 is 15.4 Å². The molecule has 33 heavy (non-hydrogen) atoms. The Morgan fingerprint density at radius 3 is 2.06 bits per heavy atom. The molecule has 0 spiro atoms. The molecular formula is C23H15N3O5S2. The average molecular weight is 478 g/mol. The second-order valence-electron chi connectivity index (χ2n) is 7.13. The van der Waals surface area contributed by atoms with Gasteiger partial charge in [-0.05, 0) is 71.6 Å². The molecule has 0 bridgehead atoms. The quantitative estimate of drug-likeness (QED) is 0.540. The summed E-state index contributed by atoms with van der Waals surface area (Å²) in [5.74, 6) is -0.147. The summed E-state index contributed by atoms with van der Waals surface area (Å²) in [5, 5.41) is 4.59. The van der Waals surface area contributed by atoms with Crippen LogP contribution in [-0.4, -0.2) is 34.0 Å². The molecule has 2 saturated heterocycles. The number of fused-ring (bicyclic) bond motifs is 1. The van der Waals surface area contributed by atoms with Crippen molar-refractivity contribution in [3.05, 3.63) is 69.6 Å². The summed E-state index contributed by atoms with van der Waals surface area (Å²) in [6.45, 7) is 0. The van der Waals surface area contributed by atoms with Crippen molar-refractivity contribution in [2.75, 3.05) is 7.11 Å². The van der Waals surface area contributed by atoms with Crippen LogP contribution in [0.3, 0.4) is 0 Å². The van der Waals surface area contributed by atoms with Crippen molar-refractivity contribution in [1.82, 2.24) is 15.2 Å². The molecule has 0 unspecified atom stereocenters. The summed E-state index contributed by atoms with van der Waals surface area (Å²) in [6.07, 6.45) is 5.24. The number of ether oxygens (including phenoxy) is 1. The van der Waals surface area contributed by atoms with Crippen molar-refractivity contribution in [2.24, 2.45) is 0 Å². The fourth-order valence-corrected chi connectivity index (χ4v) is 4.91. The maximum absolute atomic E-state index is 12.0. The third-order valence-corrected chi connectivity index (χ3v) is 6.70. The van der Waals surface area contributed by atoms with E-state index in [0.717, 1.165) is 51.2 Å². The molecule has 5 rings (SSSR count). The van der Waals surface area contributed by atoms with Crippen LogP contribution in [0.1, 0.15) is 11.1 Å². The van der Waals surface area contributed by atoms with E-state index < -0.39 is 17.1 Å². The number of nitrogens with zero attached hydrogens (tertiary/aromatic N) is 1. The molecule has 2 N–H and O–H groups in total. The molecule has 3 heterocycles. The van der Waals surface area contributed by atoms with Gasteiger partial charge in [-0.3, -0.25) is 29.8 Å². The molecule has 0 radical (unpaired) electrons. The molecule has 3 aromatic rings. The molecular weight excluding hydrogens is 462 g/mol. The zero-order chi connectivity index (χ0) is 23.1. The van der Waals surface area contributed by atoms with E-state index >= 15 is 0 Å². The Labute approximate surface area is 196 Å². The van der Waals surface area contributed by atoms with Gasteiger partial charge in [0.25, 0.3) is 22.3 Å². The number of carbonyl (C=O) groups is 4. The van der Waals surface area contributed by atoms with E-state index in [1.54, 1.807) is 19.3 Å². The average Bonchev–Trinajstić information content (AvgIpc) is 3.42. The van der Waals surface area contributed by atoms with Crippen LogP contribution in [0.2, 0.25) is 0 Å². The molecule has 10 heteroatoms. The van der Waals surface area contributed by atoms with Crippen LogP contribution >= 0.6 is 23.5 Å². The molecule has 2 aromatic carbocycles. The molecule has 1 aromatic heterocycles. The lowest BCUT2D eigenvalue weighted by Crippen LogP contribution is -2.17. The van der Waals surface area contributed by atoms with Crippen LogP contribution in [0.5, 0.6) is 5.75 Å². The number of amides is 4. The van der Waals surface area contributed by atoms with Crippen molar-refractivity contribution >= 4 is 68.9 Å². The van der Waals surface area contributed by atoms with Crippen LogP contribution in [0.15, 0.2) is 58.5 Å². The minimum atomic E-state index is -0.418. The van der Waals surface area contributed by atoms with Crippen molar-refractivity contribution in [1.29, 1.82) is 0 Å². The highest BCUT2D eigenvalue weighted by atomic mass is 32.2. The van der Waals surface area contributed by atoms with Crippen molar-refractivity contribution in [3.63, 3.8) is 0 Å². The summed E-state index contributed by atoms with van der Waals surface area (Å²) in [7, 11) is 1.58. The first-order chi connectivity index (χ1) is 15.9. The van der Waals surface area contributed by atoms with Crippen molar-refractivity contribution in [3.8, 4) is 11.4 Å². The number of hydrogen-bond donors (Lipinski definition) is 2. The highest BCUT2D eigenvalue weighted by Crippen LogP contribution is 2.33. The van der Waals surface area contributed by atoms with Crippen LogP contribution in [0.4, 0.5) is 9.59 Å². The smallest absolute Gasteiger partial charge is 0.290 e. The van der Waals surface area contributed by atoms with E-state index in [2.05, 4.69) is 10.6 Å². The normalized spacial score (nSPS) is 18.5. The number of aromatic nitrogens is 1. The van der Waals surface area contributed by atoms with Gasteiger partial charge in [-0.15, -0.1) is 0 Å². The van der Waals surface area contributed by atoms with Gasteiger partial charge >= 0.3 is 0 Å². The first-order valence-corrected chi connectivity index (χ1v) is 11.3. The number of imide groups is 2. The van der Waals surface area contributed by atoms with E-state index in [1.807, 2.05) is 53.2 Å². The first-order valence-electron chi connectivity index (χ1n) is 9.70. The van der Waals surface area contributed by atoms with Gasteiger partial charge in [0.2, 0.25) is 0 Å². The number of methoxy groups -OCH3 is 1. The van der Waals surface area contributed by atoms with E-state index in [0.29, 0.717) is 15.6 Å². The van der Waals surface area contributed by atoms with E-state index in [9.17, 15) is 19.2 Å². The molecule has 0 saturated carbocycles. The van der Waals surface area contributed by atoms with Gasteiger partial charge in [0.1, 0.15) is 5.75 Å². The van der Waals surface area contributed by atoms with Crippen LogP contribution in [0, 0.1) is 0 Å². The summed E-state index contributed by atoms with van der Waals surface area (Å²) in [4.78, 5) is 47.4. The monoisotopic (exact) mass is 477 g/mol. The number of thioether (sulfide) groups is 2. The highest BCUT2D eigenvalue weighted by molar-refractivity contribution is 8.18. The van der Waals surface area contributed by atoms with E-state index in [1.165, 1.54) is 0 Å². The standard InChI is InChI=1S/C23H15N3O5S2/c1-31-15-6-7-17-16(10-15)13(9-19-21(28)25-23(30)33-19)11-26(17)14-4-2-12(3-5-14)8-18-20(27)24-22(29)32-18/h2-11H,1H3,(H,24,27,29)(H,25,28,30). The van der Waals surface area contributed by atoms with Gasteiger partial charge in [-0.1, -0.05) is 12.1 Å². The summed E-state index contributed by atoms with van der Waals surface area (Å²) in [5.41, 5.74) is 3.29. The second kappa shape index (κ2) is 8.30. The lowest BCUT2D eigenvalue weighted by Gasteiger charge is -2.07. The third kappa shape index (κ3) is 4.06. The minimum absolute atomic E-state index is 0.325. The number of benzene rings is 2. The summed E-state index contributed by atoms with van der Waals surface area (Å²) in [6, 6.07) is 13.1. The van der Waals surface area contributed by atoms with Crippen LogP contribution in [-0.2, 0) is 9.59 Å². The molecule has 8 nitrogen and oxygen atoms in total. The van der Waals surface area contributed by atoms with Crippen molar-refractivity contribution < 1.29 is 23.9 Å². The van der Waals surface area contributed by atoms with E-state index in [-0.39, 0.29) is 5.24 Å². The number of carbonyl (C=O) groups excluding carboxylic acids is 4. The minimum Gasteiger partial charge on any atom is -0.497 e. The summed E-state index contributed by atoms with van der Waals surface area (Å²) < 4.78 is 7.33. The Morgan fingerprint density at radius 1 is 0.848 bits per heavy atom. The van der Waals surface area contributed by atoms with Crippen LogP contribution in [0.25, 0.3) is 28.7 Å². The number of rotatable bonds is 4. The molecule has 164 valence electrons. The van der Waals surface area contributed by atoms with Gasteiger partial charge in [-0.25, -0.2) is 0 Å². The molecule has 4 amide bonds. The SMILES string of the molecule is COc1ccc2c(c1)c(C=C1SC(=O)NC1=O)cn2-c1ccc(C=C2SC(=O)NC2=O)cc1. The van der Waals surface area contributed by atoms with E-state index in [4.69, 9.17) is 4.74 Å². The highest BCUT2D eigenvalue weighted by Gasteiger charge is 2.26. The zero-order valence-electron chi connectivity index (χ0n) is 17.1. The third-order valence-electron chi connectivity index (χ3n) is 5.08. The predicted octanol–water partition coefficient (Wildman–Crippen LogP) is 4.29. The second-order valence-corrected chi connectivity index (χ2v) is 9.16. The topological polar surface area (TPSA) is 106 Å². The number of nitrogens with one attached hydrogen (secondary N) is 2. The lowest BCUT2D eigenvalue weighted by atomic mass is 10.1. The Hall–Kier alpha value is -3.76. The van der Waals surface area contributed by atoms with Gasteiger partial charge in [0.05, 0.1) is 22.4 Å². The Morgan fingerprint density at radius 2 is 1.48 bits per heavy atom. The van der Waals surface area contributed by atoms with Gasteiger partial charge in [-0.2, -0.15) is 0 Å². The van der Waals surface area contributed by atoms with Crippen molar-refractivity contribution in [2.45, 2.75) is 0 Å². The van der Waals surface area contributed by atoms with Gasteiger partial charge in [0, 0.05) is 22.8 Å². The van der Waals surface area contributed by atoms with Gasteiger partial charge in [0.15, 0.2) is 0 Å². The fraction of sp³-hybridized carbons (Fsp3) is 0.0435. The zero-order valence-corrected chi connectivity index (χ0v) is 18.7. The number of hydrogen-bond acceptors (Lipinski definition) is 7. The molecule has 0 atom stereocenters. The Balaban J connectivity index is 1.56. The summed E-state index contributed by atoms with van der Waals surface area (Å²) >= 11 is 1.74. The maximum Gasteiger partial charge on any atom is 0.290 e. The Kier molecular flexibility index (Phi) is 5.31. The lowest BCUT2D eigenvalue weighted by molar-refractivity contribution is -0.116. The van der Waals surface area contributed by atoms with Gasteiger partial charge < -0.3 is 9.30 Å². The largest absolute Gasteiger partial charge is 0.497 e. The Bertz CT molecular complexity index is 1420. The maximum atomic E-state index is 12.0. The molecule has 2 fully saturated rings. The predicted molar refractivity (Wildman–Crippen MR) is 128 cm³/mol. The molecule has 2 aliphatic heterocycles. The first kappa shape index (κ1) is 21.1.